The predicted octanol–water partition coefficient (Wildman–Crippen LogP) is 4.73. The van der Waals surface area contributed by atoms with Crippen LogP contribution in [0, 0.1) is 11.3 Å². The summed E-state index contributed by atoms with van der Waals surface area (Å²) in [6.07, 6.45) is 7.47. The fourth-order valence-electron chi connectivity index (χ4n) is 2.20. The third kappa shape index (κ3) is 14.2. The topological polar surface area (TPSA) is 20.2 Å². The molecule has 1 atom stereocenters. The van der Waals surface area contributed by atoms with Crippen LogP contribution in [0.3, 0.4) is 0 Å². The summed E-state index contributed by atoms with van der Waals surface area (Å²) in [4.78, 5) is 0. The van der Waals surface area contributed by atoms with Gasteiger partial charge in [-0.2, -0.15) is 11.8 Å². The molecule has 0 aromatic carbocycles. The van der Waals surface area contributed by atoms with E-state index < -0.39 is 0 Å². The van der Waals surface area contributed by atoms with Crippen molar-refractivity contribution in [1.82, 2.24) is 0 Å². The Balaban J connectivity index is 3.22. The molecule has 0 aliphatic carbocycles. The van der Waals surface area contributed by atoms with Crippen molar-refractivity contribution in [2.75, 3.05) is 18.1 Å². The molecule has 0 amide bonds. The lowest BCUT2D eigenvalue weighted by Gasteiger charge is -2.23. The van der Waals surface area contributed by atoms with Crippen molar-refractivity contribution < 1.29 is 5.11 Å². The zero-order valence-electron chi connectivity index (χ0n) is 12.3. The minimum absolute atomic E-state index is 0.359. The van der Waals surface area contributed by atoms with E-state index in [2.05, 4.69) is 39.5 Å². The van der Waals surface area contributed by atoms with E-state index in [0.29, 0.717) is 12.0 Å². The zero-order valence-corrected chi connectivity index (χ0v) is 13.1. The monoisotopic (exact) mass is 260 g/mol. The quantitative estimate of drug-likeness (QED) is 0.573. The number of hydrogen-bond donors (Lipinski definition) is 1. The second-order valence-electron chi connectivity index (χ2n) is 6.41. The average Bonchev–Trinajstić information content (AvgIpc) is 2.19. The molecule has 2 heteroatoms. The zero-order chi connectivity index (χ0) is 13.1. The van der Waals surface area contributed by atoms with Crippen LogP contribution in [0.25, 0.3) is 0 Å². The number of aliphatic hydroxyl groups is 1. The number of rotatable bonds is 10. The molecule has 0 bridgehead atoms. The van der Waals surface area contributed by atoms with Gasteiger partial charge in [0.1, 0.15) is 0 Å². The van der Waals surface area contributed by atoms with Crippen LogP contribution < -0.4 is 0 Å². The summed E-state index contributed by atoms with van der Waals surface area (Å²) in [7, 11) is 0. The number of thioether (sulfide) groups is 1. The van der Waals surface area contributed by atoms with Gasteiger partial charge in [0.25, 0.3) is 0 Å². The van der Waals surface area contributed by atoms with Crippen LogP contribution in [0.2, 0.25) is 0 Å². The van der Waals surface area contributed by atoms with Gasteiger partial charge in [-0.3, -0.25) is 0 Å². The van der Waals surface area contributed by atoms with E-state index in [1.807, 2.05) is 0 Å². The van der Waals surface area contributed by atoms with Gasteiger partial charge in [-0.25, -0.2) is 0 Å². The highest BCUT2D eigenvalue weighted by atomic mass is 32.2. The highest BCUT2D eigenvalue weighted by Gasteiger charge is 2.14. The SMILES string of the molecule is CC(CCSCCCCCCO)CC(C)(C)C. The molecule has 104 valence electrons. The number of unbranched alkanes of at least 4 members (excludes halogenated alkanes) is 3. The van der Waals surface area contributed by atoms with Gasteiger partial charge in [0.05, 0.1) is 0 Å². The Kier molecular flexibility index (Phi) is 10.4. The normalized spacial score (nSPS) is 13.9. The summed E-state index contributed by atoms with van der Waals surface area (Å²) < 4.78 is 0. The fourth-order valence-corrected chi connectivity index (χ4v) is 3.38. The summed E-state index contributed by atoms with van der Waals surface area (Å²) in [5, 5.41) is 8.66. The van der Waals surface area contributed by atoms with Crippen molar-refractivity contribution in [3.8, 4) is 0 Å². The lowest BCUT2D eigenvalue weighted by molar-refractivity contribution is 0.283. The Morgan fingerprint density at radius 3 is 2.24 bits per heavy atom. The Bertz CT molecular complexity index is 163. The molecule has 17 heavy (non-hydrogen) atoms. The van der Waals surface area contributed by atoms with E-state index in [-0.39, 0.29) is 0 Å². The highest BCUT2D eigenvalue weighted by molar-refractivity contribution is 7.99. The number of aliphatic hydroxyl groups excluding tert-OH is 1. The van der Waals surface area contributed by atoms with Crippen molar-refractivity contribution in [1.29, 1.82) is 0 Å². The van der Waals surface area contributed by atoms with Crippen LogP contribution >= 0.6 is 11.8 Å². The molecule has 0 saturated heterocycles. The Labute approximate surface area is 113 Å². The first kappa shape index (κ1) is 17.3. The maximum atomic E-state index is 8.66. The molecule has 0 fully saturated rings. The summed E-state index contributed by atoms with van der Waals surface area (Å²) in [5.74, 6) is 3.47. The van der Waals surface area contributed by atoms with E-state index in [4.69, 9.17) is 5.11 Å². The fraction of sp³-hybridized carbons (Fsp3) is 1.00. The molecule has 0 aromatic rings. The van der Waals surface area contributed by atoms with Crippen molar-refractivity contribution >= 4 is 11.8 Å². The summed E-state index contributed by atoms with van der Waals surface area (Å²) >= 11 is 2.10. The predicted molar refractivity (Wildman–Crippen MR) is 80.7 cm³/mol. The van der Waals surface area contributed by atoms with Crippen LogP contribution in [0.5, 0.6) is 0 Å². The molecule has 1 N–H and O–H groups in total. The van der Waals surface area contributed by atoms with Crippen molar-refractivity contribution in [3.63, 3.8) is 0 Å². The molecule has 0 spiro atoms. The Morgan fingerprint density at radius 1 is 1.00 bits per heavy atom. The van der Waals surface area contributed by atoms with Gasteiger partial charge in [0, 0.05) is 6.61 Å². The van der Waals surface area contributed by atoms with Gasteiger partial charge in [0.15, 0.2) is 0 Å². The molecule has 0 heterocycles. The van der Waals surface area contributed by atoms with Gasteiger partial charge in [-0.05, 0) is 48.5 Å². The smallest absolute Gasteiger partial charge is 0.0431 e. The van der Waals surface area contributed by atoms with Crippen LogP contribution in [-0.4, -0.2) is 23.2 Å². The Morgan fingerprint density at radius 2 is 1.65 bits per heavy atom. The molecule has 0 aromatic heterocycles. The molecule has 0 rings (SSSR count). The van der Waals surface area contributed by atoms with Crippen molar-refractivity contribution in [2.24, 2.45) is 11.3 Å². The van der Waals surface area contributed by atoms with Gasteiger partial charge in [0.2, 0.25) is 0 Å². The second-order valence-corrected chi connectivity index (χ2v) is 7.63. The molecular formula is C15H32OS. The van der Waals surface area contributed by atoms with Crippen molar-refractivity contribution in [3.05, 3.63) is 0 Å². The minimum atomic E-state index is 0.359. The summed E-state index contributed by atoms with van der Waals surface area (Å²) in [5.41, 5.74) is 0.481. The standard InChI is InChI=1S/C15H32OS/c1-14(13-15(2,3)4)9-12-17-11-8-6-5-7-10-16/h14,16H,5-13H2,1-4H3. The van der Waals surface area contributed by atoms with Crippen LogP contribution in [0.15, 0.2) is 0 Å². The van der Waals surface area contributed by atoms with Crippen LogP contribution in [0.1, 0.15) is 66.2 Å². The van der Waals surface area contributed by atoms with Crippen LogP contribution in [-0.2, 0) is 0 Å². The number of hydrogen-bond acceptors (Lipinski definition) is 2. The molecular weight excluding hydrogens is 228 g/mol. The maximum absolute atomic E-state index is 8.66. The third-order valence-corrected chi connectivity index (χ3v) is 4.01. The van der Waals surface area contributed by atoms with Gasteiger partial charge < -0.3 is 5.11 Å². The van der Waals surface area contributed by atoms with Crippen LogP contribution in [0.4, 0.5) is 0 Å². The molecule has 0 aliphatic heterocycles. The van der Waals surface area contributed by atoms with E-state index in [1.54, 1.807) is 0 Å². The van der Waals surface area contributed by atoms with Gasteiger partial charge in [-0.1, -0.05) is 40.5 Å². The average molecular weight is 260 g/mol. The first-order valence-corrected chi connectivity index (χ1v) is 8.30. The van der Waals surface area contributed by atoms with E-state index in [0.717, 1.165) is 12.3 Å². The summed E-state index contributed by atoms with van der Waals surface area (Å²) in [6, 6.07) is 0. The maximum Gasteiger partial charge on any atom is 0.0431 e. The molecule has 0 radical (unpaired) electrons. The molecule has 0 saturated carbocycles. The second kappa shape index (κ2) is 10.3. The molecule has 1 nitrogen and oxygen atoms in total. The first-order chi connectivity index (χ1) is 7.95. The molecule has 0 aliphatic rings. The highest BCUT2D eigenvalue weighted by Crippen LogP contribution is 2.26. The van der Waals surface area contributed by atoms with Gasteiger partial charge in [-0.15, -0.1) is 0 Å². The first-order valence-electron chi connectivity index (χ1n) is 7.14. The third-order valence-electron chi connectivity index (χ3n) is 2.91. The largest absolute Gasteiger partial charge is 0.396 e. The minimum Gasteiger partial charge on any atom is -0.396 e. The molecule has 1 unspecified atom stereocenters. The lowest BCUT2D eigenvalue weighted by Crippen LogP contribution is -2.11. The summed E-state index contributed by atoms with van der Waals surface area (Å²) in [6.45, 7) is 9.73. The van der Waals surface area contributed by atoms with E-state index >= 15 is 0 Å². The Hall–Kier alpha value is 0.310. The van der Waals surface area contributed by atoms with Gasteiger partial charge >= 0.3 is 0 Å². The lowest BCUT2D eigenvalue weighted by atomic mass is 9.84. The van der Waals surface area contributed by atoms with Crippen molar-refractivity contribution in [2.45, 2.75) is 66.2 Å². The van der Waals surface area contributed by atoms with E-state index in [9.17, 15) is 0 Å². The van der Waals surface area contributed by atoms with E-state index in [1.165, 1.54) is 43.6 Å².